The van der Waals surface area contributed by atoms with E-state index in [1.54, 1.807) is 0 Å². The van der Waals surface area contributed by atoms with Crippen LogP contribution >= 0.6 is 0 Å². The van der Waals surface area contributed by atoms with E-state index < -0.39 is 6.96 Å². The van der Waals surface area contributed by atoms with Crippen LogP contribution in [0.2, 0.25) is 0 Å². The van der Waals surface area contributed by atoms with Gasteiger partial charge in [-0.05, 0) is 0 Å². The van der Waals surface area contributed by atoms with Gasteiger partial charge in [-0.15, -0.1) is 0 Å². The molecule has 0 fully saturated rings. The van der Waals surface area contributed by atoms with Crippen LogP contribution in [0, 0.1) is 0 Å². The normalized spacial score (nSPS) is 8.00. The molecule has 0 N–H and O–H groups in total. The second-order valence-corrected chi connectivity index (χ2v) is 1.51. The van der Waals surface area contributed by atoms with Gasteiger partial charge in [-0.3, -0.25) is 0 Å². The van der Waals surface area contributed by atoms with Crippen LogP contribution in [0.5, 0.6) is 0 Å². The van der Waals surface area contributed by atoms with Gasteiger partial charge < -0.3 is 0 Å². The predicted molar refractivity (Wildman–Crippen MR) is 35.9 cm³/mol. The number of hydrogen-bond donors (Lipinski definition) is 0. The molecule has 0 radical (unpaired) electrons. The SMILES string of the molecule is O=BO[B-](OB=O)(OB=O)OB=O. The summed E-state index contributed by atoms with van der Waals surface area (Å²) in [5, 5.41) is 0. The van der Waals surface area contributed by atoms with Crippen LogP contribution in [-0.2, 0) is 37.1 Å². The van der Waals surface area contributed by atoms with E-state index in [1.165, 1.54) is 0 Å². The van der Waals surface area contributed by atoms with Crippen molar-refractivity contribution in [2.24, 2.45) is 0 Å². The average molecular weight is 182 g/mol. The van der Waals surface area contributed by atoms with Gasteiger partial charge in [0, 0.05) is 0 Å². The summed E-state index contributed by atoms with van der Waals surface area (Å²) in [6.45, 7) is -3.44. The van der Waals surface area contributed by atoms with Crippen LogP contribution in [0.25, 0.3) is 0 Å². The quantitative estimate of drug-likeness (QED) is 0.374. The molecule has 0 aromatic heterocycles. The molecule has 0 heterocycles. The maximum absolute atomic E-state index is 9.85. The second-order valence-electron chi connectivity index (χ2n) is 1.51. The Morgan fingerprint density at radius 1 is 0.615 bits per heavy atom. The summed E-state index contributed by atoms with van der Waals surface area (Å²) >= 11 is 0. The fraction of sp³-hybridized carbons (Fsp3) is 0. The summed E-state index contributed by atoms with van der Waals surface area (Å²) in [5.41, 5.74) is 0. The zero-order valence-electron chi connectivity index (χ0n) is 6.15. The van der Waals surface area contributed by atoms with Crippen LogP contribution < -0.4 is 0 Å². The van der Waals surface area contributed by atoms with Gasteiger partial charge in [-0.25, -0.2) is 0 Å². The molecule has 0 aliphatic carbocycles. The third-order valence-electron chi connectivity index (χ3n) is 0.889. The molecule has 0 spiro atoms. The molecule has 13 heavy (non-hydrogen) atoms. The number of hydrogen-bond acceptors (Lipinski definition) is 8. The van der Waals surface area contributed by atoms with E-state index in [9.17, 15) is 18.8 Å². The van der Waals surface area contributed by atoms with Gasteiger partial charge in [0.1, 0.15) is 0 Å². The third-order valence-corrected chi connectivity index (χ3v) is 0.889. The molecule has 0 aromatic carbocycles. The third kappa shape index (κ3) is 3.77. The Morgan fingerprint density at radius 3 is 1.00 bits per heavy atom. The molecule has 13 heteroatoms. The zero-order chi connectivity index (χ0) is 10.2. The molecular weight excluding hydrogens is 182 g/mol. The second kappa shape index (κ2) is 6.26. The molecule has 0 rings (SSSR count). The molecule has 0 aliphatic rings. The average Bonchev–Trinajstić information content (AvgIpc) is 2.06. The van der Waals surface area contributed by atoms with E-state index in [1.807, 2.05) is 0 Å². The first-order valence-electron chi connectivity index (χ1n) is 2.83. The monoisotopic (exact) mass is 183 g/mol. The molecule has 0 unspecified atom stereocenters. The van der Waals surface area contributed by atoms with Crippen molar-refractivity contribution in [3.05, 3.63) is 0 Å². The first-order chi connectivity index (χ1) is 6.24. The van der Waals surface area contributed by atoms with Gasteiger partial charge in [0.2, 0.25) is 0 Å². The molecule has 64 valence electrons. The summed E-state index contributed by atoms with van der Waals surface area (Å²) < 4.78 is 55.3. The molecule has 0 bridgehead atoms. The molecule has 0 atom stereocenters. The summed E-state index contributed by atoms with van der Waals surface area (Å²) in [4.78, 5) is 0. The predicted octanol–water partition coefficient (Wildman–Crippen LogP) is -2.65. The molecule has 0 amide bonds. The Bertz CT molecular complexity index is 153. The molecule has 8 nitrogen and oxygen atoms in total. The van der Waals surface area contributed by atoms with Gasteiger partial charge in [0.05, 0.1) is 0 Å². The van der Waals surface area contributed by atoms with E-state index in [0.29, 0.717) is 0 Å². The van der Waals surface area contributed by atoms with Crippen molar-refractivity contribution in [2.45, 2.75) is 0 Å². The van der Waals surface area contributed by atoms with E-state index in [-0.39, 0.29) is 29.4 Å². The van der Waals surface area contributed by atoms with E-state index in [2.05, 4.69) is 18.3 Å². The Morgan fingerprint density at radius 2 is 0.846 bits per heavy atom. The van der Waals surface area contributed by atoms with Crippen molar-refractivity contribution >= 4 is 36.4 Å². The van der Waals surface area contributed by atoms with Crippen molar-refractivity contribution in [1.29, 1.82) is 0 Å². The Labute approximate surface area is 74.4 Å². The Kier molecular flexibility index (Phi) is 5.65. The molecular formula is B5O8-. The van der Waals surface area contributed by atoms with Crippen molar-refractivity contribution in [2.75, 3.05) is 0 Å². The molecule has 0 aromatic rings. The standard InChI is InChI=1S/B5O8/c6-1-10-5(11-2-7,12-3-8)13-4-9/q-1. The van der Waals surface area contributed by atoms with Gasteiger partial charge in [0.25, 0.3) is 0 Å². The van der Waals surface area contributed by atoms with Crippen LogP contribution in [0.4, 0.5) is 0 Å². The van der Waals surface area contributed by atoms with Crippen molar-refractivity contribution < 1.29 is 37.1 Å². The van der Waals surface area contributed by atoms with Crippen LogP contribution in [0.3, 0.4) is 0 Å². The molecule has 0 saturated heterocycles. The first-order valence-corrected chi connectivity index (χ1v) is 2.83. The van der Waals surface area contributed by atoms with E-state index in [0.717, 1.165) is 0 Å². The van der Waals surface area contributed by atoms with Crippen LogP contribution in [0.1, 0.15) is 0 Å². The first kappa shape index (κ1) is 11.7. The fourth-order valence-electron chi connectivity index (χ4n) is 0.465. The van der Waals surface area contributed by atoms with Gasteiger partial charge in [-0.2, -0.15) is 0 Å². The van der Waals surface area contributed by atoms with Gasteiger partial charge >= 0.3 is 73.5 Å². The van der Waals surface area contributed by atoms with Crippen molar-refractivity contribution in [3.63, 3.8) is 0 Å². The minimum absolute atomic E-state index is 0.212. The van der Waals surface area contributed by atoms with Crippen LogP contribution in [0.15, 0.2) is 0 Å². The summed E-state index contributed by atoms with van der Waals surface area (Å²) in [6.07, 6.45) is 0. The molecule has 0 saturated carbocycles. The Hall–Kier alpha value is -1.28. The van der Waals surface area contributed by atoms with E-state index in [4.69, 9.17) is 0 Å². The minimum atomic E-state index is -3.44. The maximum atomic E-state index is 9.85. The zero-order valence-corrected chi connectivity index (χ0v) is 6.15. The Balaban J connectivity index is 4.53. The fourth-order valence-corrected chi connectivity index (χ4v) is 0.465. The summed E-state index contributed by atoms with van der Waals surface area (Å²) in [6, 6.07) is 0. The topological polar surface area (TPSA) is 105 Å². The van der Waals surface area contributed by atoms with E-state index >= 15 is 0 Å². The summed E-state index contributed by atoms with van der Waals surface area (Å²) in [5.74, 6) is 0. The number of rotatable bonds is 8. The van der Waals surface area contributed by atoms with Crippen molar-refractivity contribution in [1.82, 2.24) is 0 Å². The van der Waals surface area contributed by atoms with Gasteiger partial charge in [0.15, 0.2) is 0 Å². The summed E-state index contributed by atoms with van der Waals surface area (Å²) in [7, 11) is -0.847. The molecule has 0 aliphatic heterocycles. The van der Waals surface area contributed by atoms with Crippen LogP contribution in [-0.4, -0.2) is 36.4 Å². The van der Waals surface area contributed by atoms with Gasteiger partial charge in [-0.1, -0.05) is 0 Å². The van der Waals surface area contributed by atoms with Crippen molar-refractivity contribution in [3.8, 4) is 0 Å².